The van der Waals surface area contributed by atoms with Gasteiger partial charge in [-0.2, -0.15) is 4.31 Å². The van der Waals surface area contributed by atoms with E-state index in [-0.39, 0.29) is 23.9 Å². The molecule has 2 heterocycles. The van der Waals surface area contributed by atoms with E-state index in [2.05, 4.69) is 4.98 Å². The summed E-state index contributed by atoms with van der Waals surface area (Å²) in [4.78, 5) is 19.2. The lowest BCUT2D eigenvalue weighted by atomic mass is 10.3. The highest BCUT2D eigenvalue weighted by atomic mass is 35.5. The van der Waals surface area contributed by atoms with Gasteiger partial charge in [0.15, 0.2) is 0 Å². The lowest BCUT2D eigenvalue weighted by molar-refractivity contribution is -0.129. The second kappa shape index (κ2) is 8.39. The van der Waals surface area contributed by atoms with Crippen LogP contribution in [0.5, 0.6) is 0 Å². The summed E-state index contributed by atoms with van der Waals surface area (Å²) in [7, 11) is -3.59. The lowest BCUT2D eigenvalue weighted by Crippen LogP contribution is -2.50. The topological polar surface area (TPSA) is 70.6 Å². The van der Waals surface area contributed by atoms with Crippen LogP contribution in [0.25, 0.3) is 0 Å². The summed E-state index contributed by atoms with van der Waals surface area (Å²) in [5.41, 5.74) is 0. The van der Waals surface area contributed by atoms with Crippen LogP contribution in [-0.2, 0) is 14.8 Å². The SMILES string of the molecule is O=C(CSc1ccncc1)N1CCN(S(=O)(=O)c2cccc(Cl)c2)CC1. The number of rotatable bonds is 5. The molecule has 3 rings (SSSR count). The number of hydrogen-bond donors (Lipinski definition) is 0. The van der Waals surface area contributed by atoms with Crippen molar-refractivity contribution in [2.24, 2.45) is 0 Å². The highest BCUT2D eigenvalue weighted by molar-refractivity contribution is 8.00. The number of carbonyl (C=O) groups is 1. The van der Waals surface area contributed by atoms with Gasteiger partial charge in [0.25, 0.3) is 0 Å². The minimum absolute atomic E-state index is 0.00613. The maximum Gasteiger partial charge on any atom is 0.243 e. The maximum absolute atomic E-state index is 12.7. The molecule has 1 fully saturated rings. The average molecular weight is 412 g/mol. The van der Waals surface area contributed by atoms with E-state index in [1.165, 1.54) is 28.2 Å². The van der Waals surface area contributed by atoms with Crippen LogP contribution < -0.4 is 0 Å². The summed E-state index contributed by atoms with van der Waals surface area (Å²) in [6.07, 6.45) is 3.37. The van der Waals surface area contributed by atoms with Gasteiger partial charge in [-0.05, 0) is 30.3 Å². The fraction of sp³-hybridized carbons (Fsp3) is 0.294. The summed E-state index contributed by atoms with van der Waals surface area (Å²) in [5, 5.41) is 0.382. The molecule has 1 aliphatic heterocycles. The Morgan fingerprint density at radius 3 is 2.46 bits per heavy atom. The molecule has 0 bridgehead atoms. The Kier molecular flexibility index (Phi) is 6.18. The molecule has 9 heteroatoms. The molecule has 1 aromatic heterocycles. The molecule has 0 spiro atoms. The minimum Gasteiger partial charge on any atom is -0.339 e. The number of halogens is 1. The number of sulfonamides is 1. The van der Waals surface area contributed by atoms with Gasteiger partial charge in [-0.3, -0.25) is 9.78 Å². The molecule has 0 aliphatic carbocycles. The average Bonchev–Trinajstić information content (AvgIpc) is 2.67. The van der Waals surface area contributed by atoms with E-state index >= 15 is 0 Å². The molecular weight excluding hydrogens is 394 g/mol. The fourth-order valence-electron chi connectivity index (χ4n) is 2.63. The molecule has 6 nitrogen and oxygen atoms in total. The molecule has 0 atom stereocenters. The van der Waals surface area contributed by atoms with E-state index in [4.69, 9.17) is 11.6 Å². The zero-order chi connectivity index (χ0) is 18.6. The number of benzene rings is 1. The molecule has 0 unspecified atom stereocenters. The number of carbonyl (C=O) groups excluding carboxylic acids is 1. The lowest BCUT2D eigenvalue weighted by Gasteiger charge is -2.34. The summed E-state index contributed by atoms with van der Waals surface area (Å²) in [6, 6.07) is 9.94. The smallest absolute Gasteiger partial charge is 0.243 e. The van der Waals surface area contributed by atoms with Gasteiger partial charge < -0.3 is 4.90 Å². The van der Waals surface area contributed by atoms with Gasteiger partial charge in [0.2, 0.25) is 15.9 Å². The Hall–Kier alpha value is -1.61. The zero-order valence-corrected chi connectivity index (χ0v) is 16.3. The summed E-state index contributed by atoms with van der Waals surface area (Å²) in [6.45, 7) is 1.33. The van der Waals surface area contributed by atoms with Crippen LogP contribution >= 0.6 is 23.4 Å². The maximum atomic E-state index is 12.7. The highest BCUT2D eigenvalue weighted by Crippen LogP contribution is 2.22. The summed E-state index contributed by atoms with van der Waals surface area (Å²) < 4.78 is 26.8. The predicted molar refractivity (Wildman–Crippen MR) is 102 cm³/mol. The number of thioether (sulfide) groups is 1. The van der Waals surface area contributed by atoms with Crippen molar-refractivity contribution in [3.8, 4) is 0 Å². The third-order valence-electron chi connectivity index (χ3n) is 4.04. The van der Waals surface area contributed by atoms with Gasteiger partial charge in [-0.15, -0.1) is 11.8 Å². The second-order valence-electron chi connectivity index (χ2n) is 5.71. The normalized spacial score (nSPS) is 15.8. The third-order valence-corrected chi connectivity index (χ3v) is 7.16. The van der Waals surface area contributed by atoms with Gasteiger partial charge in [0.05, 0.1) is 10.6 Å². The molecular formula is C17H18ClN3O3S2. The number of pyridine rings is 1. The van der Waals surface area contributed by atoms with Crippen molar-refractivity contribution in [3.63, 3.8) is 0 Å². The van der Waals surface area contributed by atoms with E-state index in [0.717, 1.165) is 4.90 Å². The van der Waals surface area contributed by atoms with Crippen molar-refractivity contribution in [2.45, 2.75) is 9.79 Å². The minimum atomic E-state index is -3.59. The van der Waals surface area contributed by atoms with Crippen molar-refractivity contribution in [1.29, 1.82) is 0 Å². The van der Waals surface area contributed by atoms with Gasteiger partial charge in [0, 0.05) is 48.5 Å². The second-order valence-corrected chi connectivity index (χ2v) is 9.14. The Bertz CT molecular complexity index is 870. The molecule has 0 N–H and O–H groups in total. The standard InChI is InChI=1S/C17H18ClN3O3S2/c18-14-2-1-3-16(12-14)26(23,24)21-10-8-20(9-11-21)17(22)13-25-15-4-6-19-7-5-15/h1-7,12H,8-11,13H2. The Balaban J connectivity index is 1.56. The molecule has 1 amide bonds. The van der Waals surface area contributed by atoms with Gasteiger partial charge in [-0.25, -0.2) is 8.42 Å². The number of aromatic nitrogens is 1. The molecule has 0 saturated carbocycles. The number of piperazine rings is 1. The first kappa shape index (κ1) is 19.2. The Morgan fingerprint density at radius 2 is 1.81 bits per heavy atom. The number of hydrogen-bond acceptors (Lipinski definition) is 5. The predicted octanol–water partition coefficient (Wildman–Crippen LogP) is 2.36. The van der Waals surface area contributed by atoms with Gasteiger partial charge in [0.1, 0.15) is 0 Å². The van der Waals surface area contributed by atoms with Gasteiger partial charge in [-0.1, -0.05) is 17.7 Å². The zero-order valence-electron chi connectivity index (χ0n) is 13.9. The first-order chi connectivity index (χ1) is 12.5. The van der Waals surface area contributed by atoms with E-state index in [0.29, 0.717) is 23.9 Å². The fourth-order valence-corrected chi connectivity index (χ4v) is 5.14. The van der Waals surface area contributed by atoms with E-state index in [1.807, 2.05) is 12.1 Å². The molecule has 1 saturated heterocycles. The van der Waals surface area contributed by atoms with Crippen LogP contribution in [0.1, 0.15) is 0 Å². The van der Waals surface area contributed by atoms with Crippen molar-refractivity contribution in [1.82, 2.24) is 14.2 Å². The van der Waals surface area contributed by atoms with Crippen LogP contribution in [0.4, 0.5) is 0 Å². The molecule has 1 aliphatic rings. The van der Waals surface area contributed by atoms with E-state index < -0.39 is 10.0 Å². The molecule has 138 valence electrons. The van der Waals surface area contributed by atoms with E-state index in [1.54, 1.807) is 29.4 Å². The van der Waals surface area contributed by atoms with Crippen LogP contribution in [0, 0.1) is 0 Å². The monoisotopic (exact) mass is 411 g/mol. The molecule has 1 aromatic carbocycles. The van der Waals surface area contributed by atoms with Crippen molar-refractivity contribution in [2.75, 3.05) is 31.9 Å². The Morgan fingerprint density at radius 1 is 1.12 bits per heavy atom. The van der Waals surface area contributed by atoms with Crippen LogP contribution in [-0.4, -0.2) is 60.4 Å². The van der Waals surface area contributed by atoms with Crippen molar-refractivity contribution >= 4 is 39.3 Å². The molecule has 0 radical (unpaired) electrons. The van der Waals surface area contributed by atoms with E-state index in [9.17, 15) is 13.2 Å². The first-order valence-corrected chi connectivity index (χ1v) is 10.8. The molecule has 2 aromatic rings. The largest absolute Gasteiger partial charge is 0.339 e. The number of nitrogens with zero attached hydrogens (tertiary/aromatic N) is 3. The third kappa shape index (κ3) is 4.56. The summed E-state index contributed by atoms with van der Waals surface area (Å²) in [5.74, 6) is 0.331. The van der Waals surface area contributed by atoms with Crippen molar-refractivity contribution < 1.29 is 13.2 Å². The number of amides is 1. The Labute approximate surface area is 162 Å². The molecule has 26 heavy (non-hydrogen) atoms. The van der Waals surface area contributed by atoms with Crippen LogP contribution in [0.2, 0.25) is 5.02 Å². The van der Waals surface area contributed by atoms with Crippen LogP contribution in [0.3, 0.4) is 0 Å². The van der Waals surface area contributed by atoms with Crippen LogP contribution in [0.15, 0.2) is 58.6 Å². The van der Waals surface area contributed by atoms with Crippen molar-refractivity contribution in [3.05, 3.63) is 53.8 Å². The quantitative estimate of drug-likeness (QED) is 0.706. The summed E-state index contributed by atoms with van der Waals surface area (Å²) >= 11 is 7.35. The first-order valence-electron chi connectivity index (χ1n) is 8.03. The highest BCUT2D eigenvalue weighted by Gasteiger charge is 2.30. The van der Waals surface area contributed by atoms with Gasteiger partial charge >= 0.3 is 0 Å².